The second-order valence-corrected chi connectivity index (χ2v) is 8.46. The molecular formula is C17H21N5O4S. The maximum absolute atomic E-state index is 11.7. The number of carbonyl (C=O) groups excluding carboxylic acids is 1. The minimum Gasteiger partial charge on any atom is -0.462 e. The van der Waals surface area contributed by atoms with Crippen LogP contribution in [0.25, 0.3) is 0 Å². The highest BCUT2D eigenvalue weighted by molar-refractivity contribution is 7.91. The molecule has 1 unspecified atom stereocenters. The van der Waals surface area contributed by atoms with Crippen molar-refractivity contribution >= 4 is 33.3 Å². The summed E-state index contributed by atoms with van der Waals surface area (Å²) in [6, 6.07) is 6.63. The number of rotatable bonds is 6. The fourth-order valence-electron chi connectivity index (χ4n) is 2.80. The number of benzene rings is 1. The third-order valence-corrected chi connectivity index (χ3v) is 6.04. The molecule has 2 aromatic rings. The van der Waals surface area contributed by atoms with Crippen molar-refractivity contribution in [2.24, 2.45) is 0 Å². The number of carbonyl (C=O) groups is 1. The molecule has 1 saturated heterocycles. The summed E-state index contributed by atoms with van der Waals surface area (Å²) in [5.41, 5.74) is 1.19. The Morgan fingerprint density at radius 2 is 2.07 bits per heavy atom. The Balaban J connectivity index is 1.70. The predicted molar refractivity (Wildman–Crippen MR) is 101 cm³/mol. The maximum Gasteiger partial charge on any atom is 0.338 e. The van der Waals surface area contributed by atoms with Crippen molar-refractivity contribution in [3.05, 3.63) is 36.0 Å². The van der Waals surface area contributed by atoms with Gasteiger partial charge in [-0.25, -0.2) is 13.2 Å². The Morgan fingerprint density at radius 1 is 1.33 bits per heavy atom. The van der Waals surface area contributed by atoms with E-state index in [1.165, 1.54) is 6.20 Å². The van der Waals surface area contributed by atoms with Gasteiger partial charge in [0.2, 0.25) is 5.95 Å². The molecule has 0 amide bonds. The molecule has 1 aliphatic heterocycles. The molecule has 1 N–H and O–H groups in total. The third-order valence-electron chi connectivity index (χ3n) is 4.29. The predicted octanol–water partition coefficient (Wildman–Crippen LogP) is 1.42. The van der Waals surface area contributed by atoms with E-state index in [1.807, 2.05) is 0 Å². The maximum atomic E-state index is 11.7. The van der Waals surface area contributed by atoms with Gasteiger partial charge in [0, 0.05) is 18.8 Å². The average Bonchev–Trinajstić information content (AvgIpc) is 3.02. The van der Waals surface area contributed by atoms with Crippen LogP contribution in [0.1, 0.15) is 23.7 Å². The van der Waals surface area contributed by atoms with Crippen molar-refractivity contribution in [1.82, 2.24) is 15.2 Å². The molecule has 0 aliphatic carbocycles. The van der Waals surface area contributed by atoms with Gasteiger partial charge < -0.3 is 15.0 Å². The lowest BCUT2D eigenvalue weighted by molar-refractivity contribution is 0.0526. The number of anilines is 3. The van der Waals surface area contributed by atoms with E-state index in [1.54, 1.807) is 43.1 Å². The van der Waals surface area contributed by atoms with E-state index in [0.29, 0.717) is 30.4 Å². The number of esters is 1. The summed E-state index contributed by atoms with van der Waals surface area (Å²) >= 11 is 0. The summed E-state index contributed by atoms with van der Waals surface area (Å²) < 4.78 is 28.3. The molecule has 0 spiro atoms. The van der Waals surface area contributed by atoms with Crippen LogP contribution in [0.4, 0.5) is 17.5 Å². The van der Waals surface area contributed by atoms with Crippen LogP contribution in [0.5, 0.6) is 0 Å². The summed E-state index contributed by atoms with van der Waals surface area (Å²) in [5.74, 6) is 0.727. The van der Waals surface area contributed by atoms with E-state index in [9.17, 15) is 13.2 Å². The third kappa shape index (κ3) is 4.70. The molecule has 144 valence electrons. The molecule has 1 atom stereocenters. The number of nitrogens with zero attached hydrogens (tertiary/aromatic N) is 4. The van der Waals surface area contributed by atoms with Gasteiger partial charge in [0.1, 0.15) is 0 Å². The van der Waals surface area contributed by atoms with Gasteiger partial charge in [-0.2, -0.15) is 10.1 Å². The first-order valence-electron chi connectivity index (χ1n) is 8.55. The fourth-order valence-corrected chi connectivity index (χ4v) is 4.57. The van der Waals surface area contributed by atoms with E-state index in [-0.39, 0.29) is 23.5 Å². The number of ether oxygens (including phenoxy) is 1. The van der Waals surface area contributed by atoms with Gasteiger partial charge in [-0.15, -0.1) is 5.10 Å². The lowest BCUT2D eigenvalue weighted by Crippen LogP contribution is -2.34. The molecule has 0 bridgehead atoms. The standard InChI is InChI=1S/C17H21N5O4S/c1-3-26-16(23)12-4-6-13(7-5-12)19-15-10-18-21-17(20-15)22(2)14-8-9-27(24,25)11-14/h4-7,10,14H,3,8-9,11H2,1-2H3,(H,19,20,21). The zero-order chi connectivity index (χ0) is 19.4. The second kappa shape index (κ2) is 7.87. The van der Waals surface area contributed by atoms with E-state index < -0.39 is 9.84 Å². The highest BCUT2D eigenvalue weighted by Crippen LogP contribution is 2.21. The van der Waals surface area contributed by atoms with Crippen molar-refractivity contribution in [3.8, 4) is 0 Å². The summed E-state index contributed by atoms with van der Waals surface area (Å²) in [5, 5.41) is 11.0. The van der Waals surface area contributed by atoms with Gasteiger partial charge in [0.25, 0.3) is 0 Å². The van der Waals surface area contributed by atoms with Crippen LogP contribution < -0.4 is 10.2 Å². The van der Waals surface area contributed by atoms with Crippen LogP contribution in [-0.4, -0.2) is 60.8 Å². The minimum atomic E-state index is -2.99. The Labute approximate surface area is 157 Å². The van der Waals surface area contributed by atoms with E-state index in [2.05, 4.69) is 20.5 Å². The van der Waals surface area contributed by atoms with Gasteiger partial charge >= 0.3 is 5.97 Å². The van der Waals surface area contributed by atoms with E-state index in [0.717, 1.165) is 5.69 Å². The van der Waals surface area contributed by atoms with Gasteiger partial charge in [-0.05, 0) is 37.6 Å². The van der Waals surface area contributed by atoms with Gasteiger partial charge in [-0.1, -0.05) is 0 Å². The largest absolute Gasteiger partial charge is 0.462 e. The summed E-state index contributed by atoms with van der Waals surface area (Å²) in [6.07, 6.45) is 2.02. The number of nitrogens with one attached hydrogen (secondary N) is 1. The molecule has 1 aromatic carbocycles. The molecule has 3 rings (SSSR count). The Kier molecular flexibility index (Phi) is 5.54. The lowest BCUT2D eigenvalue weighted by Gasteiger charge is -2.22. The Hall–Kier alpha value is -2.75. The first-order chi connectivity index (χ1) is 12.9. The molecule has 1 aliphatic rings. The van der Waals surface area contributed by atoms with Crippen LogP contribution in [0.2, 0.25) is 0 Å². The fraction of sp³-hybridized carbons (Fsp3) is 0.412. The monoisotopic (exact) mass is 391 g/mol. The molecule has 27 heavy (non-hydrogen) atoms. The van der Waals surface area contributed by atoms with Crippen molar-refractivity contribution in [2.45, 2.75) is 19.4 Å². The summed E-state index contributed by atoms with van der Waals surface area (Å²) in [6.45, 7) is 2.08. The first kappa shape index (κ1) is 19.0. The number of hydrogen-bond donors (Lipinski definition) is 1. The lowest BCUT2D eigenvalue weighted by atomic mass is 10.2. The van der Waals surface area contributed by atoms with Crippen LogP contribution in [0.3, 0.4) is 0 Å². The van der Waals surface area contributed by atoms with Crippen LogP contribution in [0, 0.1) is 0 Å². The van der Waals surface area contributed by atoms with Crippen molar-refractivity contribution in [3.63, 3.8) is 0 Å². The first-order valence-corrected chi connectivity index (χ1v) is 10.4. The van der Waals surface area contributed by atoms with Gasteiger partial charge in [0.15, 0.2) is 15.7 Å². The Morgan fingerprint density at radius 3 is 2.70 bits per heavy atom. The average molecular weight is 391 g/mol. The number of sulfone groups is 1. The van der Waals surface area contributed by atoms with Crippen molar-refractivity contribution in [2.75, 3.05) is 35.4 Å². The zero-order valence-corrected chi connectivity index (χ0v) is 15.9. The molecule has 0 saturated carbocycles. The molecule has 9 nitrogen and oxygen atoms in total. The molecule has 0 radical (unpaired) electrons. The van der Waals surface area contributed by atoms with Gasteiger partial charge in [-0.3, -0.25) is 0 Å². The molecule has 2 heterocycles. The molecule has 10 heteroatoms. The SMILES string of the molecule is CCOC(=O)c1ccc(Nc2cnnc(N(C)C3CCS(=O)(=O)C3)n2)cc1. The van der Waals surface area contributed by atoms with E-state index >= 15 is 0 Å². The zero-order valence-electron chi connectivity index (χ0n) is 15.1. The van der Waals surface area contributed by atoms with Gasteiger partial charge in [0.05, 0.1) is 29.9 Å². The number of aromatic nitrogens is 3. The van der Waals surface area contributed by atoms with E-state index in [4.69, 9.17) is 4.74 Å². The molecular weight excluding hydrogens is 370 g/mol. The second-order valence-electron chi connectivity index (χ2n) is 6.23. The summed E-state index contributed by atoms with van der Waals surface area (Å²) in [4.78, 5) is 17.8. The Bertz CT molecular complexity index is 917. The quantitative estimate of drug-likeness (QED) is 0.730. The van der Waals surface area contributed by atoms with Crippen LogP contribution in [-0.2, 0) is 14.6 Å². The topological polar surface area (TPSA) is 114 Å². The van der Waals surface area contributed by atoms with Crippen molar-refractivity contribution < 1.29 is 17.9 Å². The highest BCUT2D eigenvalue weighted by Gasteiger charge is 2.32. The van der Waals surface area contributed by atoms with Crippen LogP contribution >= 0.6 is 0 Å². The summed E-state index contributed by atoms with van der Waals surface area (Å²) in [7, 11) is -1.23. The highest BCUT2D eigenvalue weighted by atomic mass is 32.2. The normalized spacial score (nSPS) is 18.1. The van der Waals surface area contributed by atoms with Crippen molar-refractivity contribution in [1.29, 1.82) is 0 Å². The smallest absolute Gasteiger partial charge is 0.338 e. The molecule has 1 aromatic heterocycles. The number of hydrogen-bond acceptors (Lipinski definition) is 9. The van der Waals surface area contributed by atoms with Crippen LogP contribution in [0.15, 0.2) is 30.5 Å². The minimum absolute atomic E-state index is 0.0971. The molecule has 1 fully saturated rings.